The Morgan fingerprint density at radius 2 is 2.28 bits per heavy atom. The van der Waals surface area contributed by atoms with Gasteiger partial charge in [0.2, 0.25) is 0 Å². The monoisotopic (exact) mass is 263 g/mol. The third kappa shape index (κ3) is 2.10. The van der Waals surface area contributed by atoms with Crippen molar-refractivity contribution in [1.29, 1.82) is 0 Å². The number of rotatable bonds is 4. The van der Waals surface area contributed by atoms with E-state index in [0.717, 1.165) is 16.5 Å². The Morgan fingerprint density at radius 1 is 1.50 bits per heavy atom. The van der Waals surface area contributed by atoms with E-state index in [0.29, 0.717) is 11.7 Å². The maximum Gasteiger partial charge on any atom is 0.142 e. The van der Waals surface area contributed by atoms with Crippen molar-refractivity contribution in [3.63, 3.8) is 0 Å². The first-order chi connectivity index (χ1) is 8.65. The van der Waals surface area contributed by atoms with Crippen molar-refractivity contribution in [2.24, 2.45) is 0 Å². The van der Waals surface area contributed by atoms with Crippen molar-refractivity contribution < 1.29 is 4.42 Å². The van der Waals surface area contributed by atoms with Gasteiger partial charge in [0.15, 0.2) is 0 Å². The zero-order valence-electron chi connectivity index (χ0n) is 10.6. The van der Waals surface area contributed by atoms with Gasteiger partial charge in [-0.1, -0.05) is 0 Å². The largest absolute Gasteiger partial charge is 0.464 e. The molecular formula is C13H17N3OS. The van der Waals surface area contributed by atoms with Crippen molar-refractivity contribution in [3.05, 3.63) is 29.2 Å². The average Bonchev–Trinajstić information content (AvgIpc) is 2.97. The fourth-order valence-corrected chi connectivity index (χ4v) is 3.02. The fraction of sp³-hybridized carbons (Fsp3) is 0.462. The van der Waals surface area contributed by atoms with E-state index in [9.17, 15) is 0 Å². The molecule has 0 saturated heterocycles. The Balaban J connectivity index is 1.80. The summed E-state index contributed by atoms with van der Waals surface area (Å²) >= 11 is 1.45. The van der Waals surface area contributed by atoms with E-state index in [-0.39, 0.29) is 6.04 Å². The Hall–Kier alpha value is -1.49. The number of aryl methyl sites for hydroxylation is 1. The SMILES string of the molecule is Cc1ccc(C(C)Nc2snc(N)c2C2CC2)o1. The molecule has 0 amide bonds. The molecule has 4 nitrogen and oxygen atoms in total. The Bertz CT molecular complexity index is 556. The molecule has 1 aliphatic rings. The molecule has 0 aliphatic heterocycles. The van der Waals surface area contributed by atoms with Crippen LogP contribution in [0.3, 0.4) is 0 Å². The Morgan fingerprint density at radius 3 is 2.89 bits per heavy atom. The summed E-state index contributed by atoms with van der Waals surface area (Å²) in [7, 11) is 0. The highest BCUT2D eigenvalue weighted by atomic mass is 32.1. The molecule has 0 bridgehead atoms. The third-order valence-electron chi connectivity index (χ3n) is 3.28. The molecule has 1 unspecified atom stereocenters. The molecule has 1 aliphatic carbocycles. The number of nitrogens with one attached hydrogen (secondary N) is 1. The van der Waals surface area contributed by atoms with Gasteiger partial charge < -0.3 is 15.5 Å². The van der Waals surface area contributed by atoms with Gasteiger partial charge in [-0.3, -0.25) is 0 Å². The lowest BCUT2D eigenvalue weighted by atomic mass is 10.2. The van der Waals surface area contributed by atoms with Crippen LogP contribution in [0.15, 0.2) is 16.5 Å². The molecule has 0 radical (unpaired) electrons. The first-order valence-corrected chi connectivity index (χ1v) is 7.00. The van der Waals surface area contributed by atoms with Gasteiger partial charge in [0.25, 0.3) is 0 Å². The standard InChI is InChI=1S/C13H17N3OS/c1-7-3-6-10(17-7)8(2)15-13-11(9-4-5-9)12(14)16-18-13/h3,6,8-9,15H,4-5H2,1-2H3,(H2,14,16). The van der Waals surface area contributed by atoms with Crippen LogP contribution in [0.2, 0.25) is 0 Å². The predicted molar refractivity (Wildman–Crippen MR) is 74.0 cm³/mol. The third-order valence-corrected chi connectivity index (χ3v) is 4.09. The van der Waals surface area contributed by atoms with E-state index < -0.39 is 0 Å². The van der Waals surface area contributed by atoms with Crippen molar-refractivity contribution in [3.8, 4) is 0 Å². The number of anilines is 2. The number of aromatic nitrogens is 1. The molecule has 1 fully saturated rings. The molecule has 0 aromatic carbocycles. The molecule has 3 N–H and O–H groups in total. The van der Waals surface area contributed by atoms with Gasteiger partial charge in [-0.25, -0.2) is 0 Å². The highest BCUT2D eigenvalue weighted by Gasteiger charge is 2.31. The number of hydrogen-bond donors (Lipinski definition) is 2. The molecule has 2 aromatic heterocycles. The first kappa shape index (κ1) is 11.6. The molecule has 2 aromatic rings. The fourth-order valence-electron chi connectivity index (χ4n) is 2.13. The van der Waals surface area contributed by atoms with Gasteiger partial charge in [-0.05, 0) is 56.3 Å². The van der Waals surface area contributed by atoms with Crippen molar-refractivity contribution in [2.75, 3.05) is 11.1 Å². The number of nitrogens with two attached hydrogens (primary N) is 1. The summed E-state index contributed by atoms with van der Waals surface area (Å²) in [5, 5.41) is 4.56. The molecule has 1 atom stereocenters. The number of nitrogen functional groups attached to an aromatic ring is 1. The normalized spacial score (nSPS) is 16.8. The second-order valence-electron chi connectivity index (χ2n) is 4.90. The average molecular weight is 263 g/mol. The molecular weight excluding hydrogens is 246 g/mol. The zero-order chi connectivity index (χ0) is 12.7. The predicted octanol–water partition coefficient (Wildman–Crippen LogP) is 3.68. The van der Waals surface area contributed by atoms with Crippen molar-refractivity contribution >= 4 is 22.4 Å². The Labute approximate surface area is 110 Å². The summed E-state index contributed by atoms with van der Waals surface area (Å²) in [6.45, 7) is 4.04. The summed E-state index contributed by atoms with van der Waals surface area (Å²) in [6, 6.07) is 4.13. The van der Waals surface area contributed by atoms with Crippen LogP contribution in [0.25, 0.3) is 0 Å². The van der Waals surface area contributed by atoms with Crippen LogP contribution in [-0.2, 0) is 0 Å². The highest BCUT2D eigenvalue weighted by Crippen LogP contribution is 2.48. The number of nitrogens with zero attached hydrogens (tertiary/aromatic N) is 1. The molecule has 1 saturated carbocycles. The van der Waals surface area contributed by atoms with E-state index in [2.05, 4.69) is 16.6 Å². The lowest BCUT2D eigenvalue weighted by Gasteiger charge is -2.12. The second-order valence-corrected chi connectivity index (χ2v) is 5.67. The lowest BCUT2D eigenvalue weighted by molar-refractivity contribution is 0.467. The van der Waals surface area contributed by atoms with Crippen LogP contribution < -0.4 is 11.1 Å². The number of hydrogen-bond acceptors (Lipinski definition) is 5. The summed E-state index contributed by atoms with van der Waals surface area (Å²) in [6.07, 6.45) is 2.46. The molecule has 96 valence electrons. The van der Waals surface area contributed by atoms with Crippen LogP contribution >= 0.6 is 11.5 Å². The van der Waals surface area contributed by atoms with Gasteiger partial charge in [0.05, 0.1) is 6.04 Å². The van der Waals surface area contributed by atoms with Crippen molar-refractivity contribution in [1.82, 2.24) is 4.37 Å². The quantitative estimate of drug-likeness (QED) is 0.883. The van der Waals surface area contributed by atoms with E-state index >= 15 is 0 Å². The summed E-state index contributed by atoms with van der Waals surface area (Å²) < 4.78 is 9.89. The van der Waals surface area contributed by atoms with Crippen LogP contribution in [-0.4, -0.2) is 4.37 Å². The van der Waals surface area contributed by atoms with Gasteiger partial charge in [-0.2, -0.15) is 4.37 Å². The smallest absolute Gasteiger partial charge is 0.142 e. The minimum absolute atomic E-state index is 0.135. The van der Waals surface area contributed by atoms with Crippen LogP contribution in [0.5, 0.6) is 0 Å². The van der Waals surface area contributed by atoms with Gasteiger partial charge in [-0.15, -0.1) is 0 Å². The van der Waals surface area contributed by atoms with E-state index in [1.807, 2.05) is 19.1 Å². The van der Waals surface area contributed by atoms with Gasteiger partial charge >= 0.3 is 0 Å². The highest BCUT2D eigenvalue weighted by molar-refractivity contribution is 7.10. The molecule has 18 heavy (non-hydrogen) atoms. The molecule has 0 spiro atoms. The minimum atomic E-state index is 0.135. The first-order valence-electron chi connectivity index (χ1n) is 6.23. The number of furan rings is 1. The van der Waals surface area contributed by atoms with Crippen LogP contribution in [0.4, 0.5) is 10.8 Å². The second kappa shape index (κ2) is 4.31. The van der Waals surface area contributed by atoms with Crippen molar-refractivity contribution in [2.45, 2.75) is 38.6 Å². The summed E-state index contributed by atoms with van der Waals surface area (Å²) in [4.78, 5) is 0. The zero-order valence-corrected chi connectivity index (χ0v) is 11.4. The van der Waals surface area contributed by atoms with Gasteiger partial charge in [0, 0.05) is 5.56 Å². The molecule has 5 heteroatoms. The van der Waals surface area contributed by atoms with E-state index in [4.69, 9.17) is 10.2 Å². The van der Waals surface area contributed by atoms with Crippen LogP contribution in [0.1, 0.15) is 48.8 Å². The lowest BCUT2D eigenvalue weighted by Crippen LogP contribution is -2.06. The summed E-state index contributed by atoms with van der Waals surface area (Å²) in [5.74, 6) is 3.18. The topological polar surface area (TPSA) is 64.1 Å². The van der Waals surface area contributed by atoms with E-state index in [1.54, 1.807) is 0 Å². The van der Waals surface area contributed by atoms with E-state index in [1.165, 1.54) is 29.9 Å². The minimum Gasteiger partial charge on any atom is -0.464 e. The molecule has 2 heterocycles. The van der Waals surface area contributed by atoms with Crippen LogP contribution in [0, 0.1) is 6.92 Å². The molecule has 3 rings (SSSR count). The summed E-state index contributed by atoms with van der Waals surface area (Å²) in [5.41, 5.74) is 7.14. The maximum absolute atomic E-state index is 5.94. The maximum atomic E-state index is 5.94. The van der Waals surface area contributed by atoms with Gasteiger partial charge in [0.1, 0.15) is 22.3 Å². The Kier molecular flexibility index (Phi) is 2.78.